The lowest BCUT2D eigenvalue weighted by molar-refractivity contribution is -0.140. The van der Waals surface area contributed by atoms with Gasteiger partial charge < -0.3 is 15.0 Å². The molecule has 1 atom stereocenters. The van der Waals surface area contributed by atoms with E-state index in [1.165, 1.54) is 29.2 Å². The van der Waals surface area contributed by atoms with E-state index in [-0.39, 0.29) is 41.8 Å². The Hall–Kier alpha value is -2.98. The predicted molar refractivity (Wildman–Crippen MR) is 168 cm³/mol. The minimum Gasteiger partial charge on any atom is -0.492 e. The Morgan fingerprint density at radius 1 is 0.929 bits per heavy atom. The van der Waals surface area contributed by atoms with Gasteiger partial charge >= 0.3 is 0 Å². The van der Waals surface area contributed by atoms with Crippen LogP contribution in [0.5, 0.6) is 5.75 Å². The van der Waals surface area contributed by atoms with Gasteiger partial charge in [-0.2, -0.15) is 0 Å². The molecule has 0 aliphatic carbocycles. The molecule has 3 aromatic rings. The van der Waals surface area contributed by atoms with Crippen molar-refractivity contribution in [3.05, 3.63) is 87.4 Å². The Labute approximate surface area is 262 Å². The summed E-state index contributed by atoms with van der Waals surface area (Å²) in [6.07, 6.45) is 0.992. The van der Waals surface area contributed by atoms with Crippen molar-refractivity contribution in [3.8, 4) is 5.75 Å². The Balaban J connectivity index is 2.12. The van der Waals surface area contributed by atoms with Gasteiger partial charge in [-0.15, -0.1) is 0 Å². The van der Waals surface area contributed by atoms with Crippen LogP contribution >= 0.6 is 34.8 Å². The molecule has 0 saturated heterocycles. The van der Waals surface area contributed by atoms with Gasteiger partial charge in [-0.3, -0.25) is 13.9 Å². The Bertz CT molecular complexity index is 1490. The van der Waals surface area contributed by atoms with Gasteiger partial charge in [-0.25, -0.2) is 8.42 Å². The molecular weight excluding hydrogens is 621 g/mol. The van der Waals surface area contributed by atoms with Crippen LogP contribution in [-0.4, -0.2) is 50.9 Å². The van der Waals surface area contributed by atoms with E-state index >= 15 is 0 Å². The van der Waals surface area contributed by atoms with Crippen molar-refractivity contribution >= 4 is 62.3 Å². The van der Waals surface area contributed by atoms with Crippen molar-refractivity contribution < 1.29 is 22.7 Å². The zero-order valence-electron chi connectivity index (χ0n) is 23.6. The molecule has 0 aliphatic heterocycles. The van der Waals surface area contributed by atoms with E-state index in [4.69, 9.17) is 39.5 Å². The zero-order chi connectivity index (χ0) is 30.9. The summed E-state index contributed by atoms with van der Waals surface area (Å²) in [5.41, 5.74) is 0.730. The third-order valence-corrected chi connectivity index (χ3v) is 9.02. The van der Waals surface area contributed by atoms with Crippen molar-refractivity contribution in [2.24, 2.45) is 0 Å². The molecule has 12 heteroatoms. The maximum atomic E-state index is 14.2. The van der Waals surface area contributed by atoms with E-state index in [0.717, 1.165) is 4.31 Å². The lowest BCUT2D eigenvalue weighted by Gasteiger charge is -2.33. The van der Waals surface area contributed by atoms with E-state index in [0.29, 0.717) is 33.6 Å². The molecule has 226 valence electrons. The highest BCUT2D eigenvalue weighted by atomic mass is 35.5. The molecule has 1 unspecified atom stereocenters. The number of anilines is 1. The largest absolute Gasteiger partial charge is 0.492 e. The van der Waals surface area contributed by atoms with Crippen molar-refractivity contribution in [2.45, 2.75) is 51.1 Å². The summed E-state index contributed by atoms with van der Waals surface area (Å²) in [7, 11) is -4.29. The van der Waals surface area contributed by atoms with Crippen LogP contribution in [0.2, 0.25) is 15.1 Å². The number of nitrogens with one attached hydrogen (secondary N) is 1. The van der Waals surface area contributed by atoms with Crippen LogP contribution in [-0.2, 0) is 26.2 Å². The molecule has 8 nitrogen and oxygen atoms in total. The molecule has 0 bridgehead atoms. The number of ether oxygens (including phenoxy) is 1. The fraction of sp³-hybridized carbons (Fsp3) is 0.333. The second-order valence-electron chi connectivity index (χ2n) is 9.34. The number of carbonyl (C=O) groups excluding carboxylic acids is 2. The maximum absolute atomic E-state index is 14.2. The second kappa shape index (κ2) is 15.5. The average molecular weight is 655 g/mol. The molecule has 0 radical (unpaired) electrons. The van der Waals surface area contributed by atoms with Gasteiger partial charge in [0.25, 0.3) is 10.0 Å². The van der Waals surface area contributed by atoms with E-state index < -0.39 is 28.5 Å². The van der Waals surface area contributed by atoms with Gasteiger partial charge in [-0.05, 0) is 73.9 Å². The highest BCUT2D eigenvalue weighted by molar-refractivity contribution is 7.92. The molecule has 0 fully saturated rings. The molecule has 0 aromatic heterocycles. The topological polar surface area (TPSA) is 96.0 Å². The summed E-state index contributed by atoms with van der Waals surface area (Å²) in [6, 6.07) is 16.2. The van der Waals surface area contributed by atoms with Gasteiger partial charge in [0.15, 0.2) is 0 Å². The summed E-state index contributed by atoms with van der Waals surface area (Å²) in [5.74, 6) is -0.673. The number of rotatable bonds is 14. The van der Waals surface area contributed by atoms with Crippen LogP contribution in [0.3, 0.4) is 0 Å². The van der Waals surface area contributed by atoms with Gasteiger partial charge in [0.2, 0.25) is 11.8 Å². The molecule has 0 spiro atoms. The van der Waals surface area contributed by atoms with E-state index in [1.54, 1.807) is 56.3 Å². The van der Waals surface area contributed by atoms with Crippen LogP contribution < -0.4 is 14.4 Å². The predicted octanol–water partition coefficient (Wildman–Crippen LogP) is 6.57. The third kappa shape index (κ3) is 8.31. The number of hydrogen-bond donors (Lipinski definition) is 1. The van der Waals surface area contributed by atoms with Crippen molar-refractivity contribution in [1.29, 1.82) is 0 Å². The average Bonchev–Trinajstić information content (AvgIpc) is 2.96. The first kappa shape index (κ1) is 33.5. The minimum absolute atomic E-state index is 0.0468. The summed E-state index contributed by atoms with van der Waals surface area (Å²) in [4.78, 5) is 28.7. The highest BCUT2D eigenvalue weighted by Crippen LogP contribution is 2.33. The molecule has 3 rings (SSSR count). The van der Waals surface area contributed by atoms with Crippen molar-refractivity contribution in [2.75, 3.05) is 24.0 Å². The Morgan fingerprint density at radius 2 is 1.60 bits per heavy atom. The second-order valence-corrected chi connectivity index (χ2v) is 12.5. The molecule has 42 heavy (non-hydrogen) atoms. The number of amides is 2. The van der Waals surface area contributed by atoms with Crippen LogP contribution in [0.1, 0.15) is 39.2 Å². The number of para-hydroxylation sites is 2. The number of carbonyl (C=O) groups is 2. The van der Waals surface area contributed by atoms with E-state index in [9.17, 15) is 18.0 Å². The fourth-order valence-electron chi connectivity index (χ4n) is 4.31. The maximum Gasteiger partial charge on any atom is 0.264 e. The Kier molecular flexibility index (Phi) is 12.4. The molecule has 0 heterocycles. The molecule has 3 aromatic carbocycles. The summed E-state index contributed by atoms with van der Waals surface area (Å²) >= 11 is 18.6. The smallest absolute Gasteiger partial charge is 0.264 e. The monoisotopic (exact) mass is 653 g/mol. The third-order valence-electron chi connectivity index (χ3n) is 6.41. The van der Waals surface area contributed by atoms with Crippen LogP contribution in [0.15, 0.2) is 71.6 Å². The molecule has 0 saturated carbocycles. The summed E-state index contributed by atoms with van der Waals surface area (Å²) in [6.45, 7) is 5.53. The van der Waals surface area contributed by atoms with Gasteiger partial charge in [0.1, 0.15) is 18.3 Å². The number of halogens is 3. The van der Waals surface area contributed by atoms with Crippen LogP contribution in [0.25, 0.3) is 0 Å². The van der Waals surface area contributed by atoms with Gasteiger partial charge in [0, 0.05) is 28.2 Å². The number of sulfonamides is 1. The first-order chi connectivity index (χ1) is 20.0. The summed E-state index contributed by atoms with van der Waals surface area (Å²) < 4.78 is 34.9. The van der Waals surface area contributed by atoms with Gasteiger partial charge in [-0.1, -0.05) is 66.8 Å². The molecule has 1 N–H and O–H groups in total. The number of hydrogen-bond acceptors (Lipinski definition) is 5. The number of nitrogens with zero attached hydrogens (tertiary/aromatic N) is 2. The van der Waals surface area contributed by atoms with E-state index in [1.807, 2.05) is 6.92 Å². The first-order valence-electron chi connectivity index (χ1n) is 13.5. The highest BCUT2D eigenvalue weighted by Gasteiger charge is 2.35. The first-order valence-corrected chi connectivity index (χ1v) is 16.1. The van der Waals surface area contributed by atoms with Crippen LogP contribution in [0.4, 0.5) is 5.69 Å². The standard InChI is InChI=1S/C30H34Cl3N3O5S/c1-4-17-34-30(38)26(5-2)35(19-21-11-12-23(32)18-25(21)33)29(37)20-36(27-9-7-8-10-28(27)41-6-3)42(39,40)24-15-13-22(31)14-16-24/h7-16,18,26H,4-6,17,19-20H2,1-3H3,(H,34,38). The normalized spacial score (nSPS) is 12.0. The Morgan fingerprint density at radius 3 is 2.21 bits per heavy atom. The fourth-order valence-corrected chi connectivity index (χ4v) is 6.33. The lowest BCUT2D eigenvalue weighted by atomic mass is 10.1. The quantitative estimate of drug-likeness (QED) is 0.212. The summed E-state index contributed by atoms with van der Waals surface area (Å²) in [5, 5.41) is 3.95. The van der Waals surface area contributed by atoms with Gasteiger partial charge in [0.05, 0.1) is 17.2 Å². The molecule has 0 aliphatic rings. The van der Waals surface area contributed by atoms with Crippen molar-refractivity contribution in [1.82, 2.24) is 10.2 Å². The lowest BCUT2D eigenvalue weighted by Crippen LogP contribution is -2.52. The van der Waals surface area contributed by atoms with E-state index in [2.05, 4.69) is 5.32 Å². The zero-order valence-corrected chi connectivity index (χ0v) is 26.7. The van der Waals surface area contributed by atoms with Crippen molar-refractivity contribution in [3.63, 3.8) is 0 Å². The number of benzene rings is 3. The van der Waals surface area contributed by atoms with Crippen LogP contribution in [0, 0.1) is 0 Å². The minimum atomic E-state index is -4.29. The molecule has 2 amide bonds. The SMILES string of the molecule is CCCNC(=O)C(CC)N(Cc1ccc(Cl)cc1Cl)C(=O)CN(c1ccccc1OCC)S(=O)(=O)c1ccc(Cl)cc1. The molecular formula is C30H34Cl3N3O5S.